The van der Waals surface area contributed by atoms with Crippen LogP contribution in [0, 0.1) is 29.4 Å². The van der Waals surface area contributed by atoms with Crippen molar-refractivity contribution in [1.29, 1.82) is 0 Å². The lowest BCUT2D eigenvalue weighted by atomic mass is 9.72. The molecular formula is C15H22F2N2. The first kappa shape index (κ1) is 14.4. The van der Waals surface area contributed by atoms with E-state index in [1.54, 1.807) is 6.07 Å². The molecule has 0 bridgehead atoms. The maximum atomic E-state index is 13.3. The van der Waals surface area contributed by atoms with Gasteiger partial charge < -0.3 is 0 Å². The molecule has 1 aromatic carbocycles. The average Bonchev–Trinajstić information content (AvgIpc) is 2.39. The average molecular weight is 268 g/mol. The predicted octanol–water partition coefficient (Wildman–Crippen LogP) is 3.54. The molecule has 1 fully saturated rings. The summed E-state index contributed by atoms with van der Waals surface area (Å²) in [5.41, 5.74) is 3.51. The maximum Gasteiger partial charge on any atom is 0.159 e. The smallest absolute Gasteiger partial charge is 0.159 e. The van der Waals surface area contributed by atoms with Gasteiger partial charge in [-0.1, -0.05) is 26.3 Å². The Morgan fingerprint density at radius 3 is 2.47 bits per heavy atom. The Balaban J connectivity index is 2.17. The highest BCUT2D eigenvalue weighted by Gasteiger charge is 2.30. The molecule has 4 unspecified atom stereocenters. The number of nitrogens with two attached hydrogens (primary N) is 1. The molecule has 0 aromatic heterocycles. The fourth-order valence-corrected chi connectivity index (χ4v) is 3.10. The van der Waals surface area contributed by atoms with Crippen LogP contribution in [0.1, 0.15) is 44.7 Å². The van der Waals surface area contributed by atoms with E-state index in [-0.39, 0.29) is 6.04 Å². The van der Waals surface area contributed by atoms with Gasteiger partial charge >= 0.3 is 0 Å². The number of hydrazine groups is 1. The maximum absolute atomic E-state index is 13.3. The van der Waals surface area contributed by atoms with Crippen molar-refractivity contribution in [2.24, 2.45) is 23.6 Å². The van der Waals surface area contributed by atoms with Crippen LogP contribution in [0.5, 0.6) is 0 Å². The summed E-state index contributed by atoms with van der Waals surface area (Å²) in [4.78, 5) is 0. The molecule has 2 nitrogen and oxygen atoms in total. The third-order valence-electron chi connectivity index (χ3n) is 4.59. The molecule has 0 heterocycles. The third kappa shape index (κ3) is 3.12. The first-order chi connectivity index (χ1) is 9.02. The van der Waals surface area contributed by atoms with Crippen LogP contribution >= 0.6 is 0 Å². The molecule has 4 heteroatoms. The van der Waals surface area contributed by atoms with Gasteiger partial charge in [0.25, 0.3) is 0 Å². The van der Waals surface area contributed by atoms with Crippen LogP contribution < -0.4 is 11.3 Å². The SMILES string of the molecule is CC1CCC(C(NN)c2ccc(F)c(F)c2)CC1C. The van der Waals surface area contributed by atoms with Gasteiger partial charge in [-0.15, -0.1) is 0 Å². The zero-order chi connectivity index (χ0) is 14.0. The minimum Gasteiger partial charge on any atom is -0.271 e. The number of hydrogen-bond acceptors (Lipinski definition) is 2. The van der Waals surface area contributed by atoms with Gasteiger partial charge in [-0.3, -0.25) is 11.3 Å². The Morgan fingerprint density at radius 1 is 1.16 bits per heavy atom. The molecule has 4 atom stereocenters. The first-order valence-electron chi connectivity index (χ1n) is 6.94. The van der Waals surface area contributed by atoms with Gasteiger partial charge in [-0.05, 0) is 48.3 Å². The Bertz CT molecular complexity index is 436. The van der Waals surface area contributed by atoms with E-state index in [1.807, 2.05) is 0 Å². The fraction of sp³-hybridized carbons (Fsp3) is 0.600. The monoisotopic (exact) mass is 268 g/mol. The molecule has 1 aromatic rings. The van der Waals surface area contributed by atoms with Gasteiger partial charge in [0.15, 0.2) is 11.6 Å². The Labute approximate surface area is 113 Å². The van der Waals surface area contributed by atoms with Crippen LogP contribution in [-0.2, 0) is 0 Å². The summed E-state index contributed by atoms with van der Waals surface area (Å²) in [6.07, 6.45) is 3.29. The number of hydrogen-bond donors (Lipinski definition) is 2. The molecule has 1 aliphatic carbocycles. The van der Waals surface area contributed by atoms with Gasteiger partial charge in [0.1, 0.15) is 0 Å². The van der Waals surface area contributed by atoms with Gasteiger partial charge in [-0.25, -0.2) is 8.78 Å². The van der Waals surface area contributed by atoms with Crippen LogP contribution in [0.2, 0.25) is 0 Å². The van der Waals surface area contributed by atoms with E-state index in [4.69, 9.17) is 5.84 Å². The largest absolute Gasteiger partial charge is 0.271 e. The Morgan fingerprint density at radius 2 is 1.89 bits per heavy atom. The summed E-state index contributed by atoms with van der Waals surface area (Å²) in [5.74, 6) is 5.75. The van der Waals surface area contributed by atoms with E-state index >= 15 is 0 Å². The normalized spacial score (nSPS) is 29.2. The predicted molar refractivity (Wildman–Crippen MR) is 72.1 cm³/mol. The van der Waals surface area contributed by atoms with Crippen molar-refractivity contribution in [2.75, 3.05) is 0 Å². The van der Waals surface area contributed by atoms with Crippen LogP contribution in [0.15, 0.2) is 18.2 Å². The highest BCUT2D eigenvalue weighted by molar-refractivity contribution is 5.22. The lowest BCUT2D eigenvalue weighted by Crippen LogP contribution is -2.37. The van der Waals surface area contributed by atoms with Crippen molar-refractivity contribution >= 4 is 0 Å². The van der Waals surface area contributed by atoms with Crippen LogP contribution in [-0.4, -0.2) is 0 Å². The summed E-state index contributed by atoms with van der Waals surface area (Å²) in [5, 5.41) is 0. The molecule has 0 saturated heterocycles. The quantitative estimate of drug-likeness (QED) is 0.650. The van der Waals surface area contributed by atoms with Crippen molar-refractivity contribution in [2.45, 2.75) is 39.2 Å². The molecule has 0 radical (unpaired) electrons. The van der Waals surface area contributed by atoms with E-state index in [1.165, 1.54) is 12.1 Å². The van der Waals surface area contributed by atoms with Crippen LogP contribution in [0.25, 0.3) is 0 Å². The molecule has 3 N–H and O–H groups in total. The zero-order valence-electron chi connectivity index (χ0n) is 11.5. The van der Waals surface area contributed by atoms with Gasteiger partial charge in [-0.2, -0.15) is 0 Å². The molecular weight excluding hydrogens is 246 g/mol. The molecule has 0 amide bonds. The van der Waals surface area contributed by atoms with E-state index in [0.717, 1.165) is 30.7 Å². The van der Waals surface area contributed by atoms with Crippen molar-refractivity contribution < 1.29 is 8.78 Å². The van der Waals surface area contributed by atoms with Crippen molar-refractivity contribution in [3.8, 4) is 0 Å². The van der Waals surface area contributed by atoms with E-state index in [2.05, 4.69) is 19.3 Å². The van der Waals surface area contributed by atoms with Crippen molar-refractivity contribution in [3.63, 3.8) is 0 Å². The Kier molecular flexibility index (Phi) is 4.53. The van der Waals surface area contributed by atoms with E-state index in [9.17, 15) is 8.78 Å². The van der Waals surface area contributed by atoms with Crippen LogP contribution in [0.4, 0.5) is 8.78 Å². The van der Waals surface area contributed by atoms with Crippen molar-refractivity contribution in [3.05, 3.63) is 35.4 Å². The first-order valence-corrected chi connectivity index (χ1v) is 6.94. The topological polar surface area (TPSA) is 38.0 Å². The van der Waals surface area contributed by atoms with Gasteiger partial charge in [0.2, 0.25) is 0 Å². The summed E-state index contributed by atoms with van der Waals surface area (Å²) in [6.45, 7) is 4.51. The fourth-order valence-electron chi connectivity index (χ4n) is 3.10. The summed E-state index contributed by atoms with van der Waals surface area (Å²) < 4.78 is 26.3. The molecule has 1 aliphatic rings. The minimum absolute atomic E-state index is 0.106. The summed E-state index contributed by atoms with van der Waals surface area (Å²) >= 11 is 0. The molecule has 2 rings (SSSR count). The third-order valence-corrected chi connectivity index (χ3v) is 4.59. The van der Waals surface area contributed by atoms with E-state index < -0.39 is 11.6 Å². The second kappa shape index (κ2) is 5.97. The van der Waals surface area contributed by atoms with Gasteiger partial charge in [0.05, 0.1) is 0 Å². The molecule has 106 valence electrons. The standard InChI is InChI=1S/C15H22F2N2/c1-9-3-4-11(7-10(9)2)15(19-18)12-5-6-13(16)14(17)8-12/h5-6,8-11,15,19H,3-4,7,18H2,1-2H3. The highest BCUT2D eigenvalue weighted by atomic mass is 19.2. The molecule has 19 heavy (non-hydrogen) atoms. The van der Waals surface area contributed by atoms with Crippen LogP contribution in [0.3, 0.4) is 0 Å². The lowest BCUT2D eigenvalue weighted by molar-refractivity contribution is 0.171. The number of halogens is 2. The van der Waals surface area contributed by atoms with E-state index in [0.29, 0.717) is 11.8 Å². The summed E-state index contributed by atoms with van der Waals surface area (Å²) in [6, 6.07) is 3.93. The second-order valence-electron chi connectivity index (χ2n) is 5.85. The highest BCUT2D eigenvalue weighted by Crippen LogP contribution is 2.39. The lowest BCUT2D eigenvalue weighted by Gasteiger charge is -2.36. The number of benzene rings is 1. The number of nitrogens with one attached hydrogen (secondary N) is 1. The second-order valence-corrected chi connectivity index (χ2v) is 5.85. The van der Waals surface area contributed by atoms with Crippen molar-refractivity contribution in [1.82, 2.24) is 5.43 Å². The Hall–Kier alpha value is -1.00. The zero-order valence-corrected chi connectivity index (χ0v) is 11.5. The molecule has 0 spiro atoms. The summed E-state index contributed by atoms with van der Waals surface area (Å²) in [7, 11) is 0. The van der Waals surface area contributed by atoms with Gasteiger partial charge in [0, 0.05) is 6.04 Å². The number of rotatable bonds is 3. The minimum atomic E-state index is -0.815. The molecule has 1 saturated carbocycles. The molecule has 0 aliphatic heterocycles.